The van der Waals surface area contributed by atoms with Crippen molar-refractivity contribution in [1.82, 2.24) is 4.98 Å². The summed E-state index contributed by atoms with van der Waals surface area (Å²) in [6, 6.07) is 2.97. The fraction of sp³-hybridized carbons (Fsp3) is 0.200. The molecule has 0 radical (unpaired) electrons. The standard InChI is InChI=1S/C15H12F3NO2/c1-8(2)21-10-5-9(6-19-7-10)15(20)11-3-4-12(16)14(18)13(11)17/h3-8H,1-2H3. The minimum absolute atomic E-state index is 0.0260. The minimum Gasteiger partial charge on any atom is -0.489 e. The van der Waals surface area contributed by atoms with Crippen LogP contribution in [0.2, 0.25) is 0 Å². The van der Waals surface area contributed by atoms with E-state index < -0.39 is 28.8 Å². The minimum atomic E-state index is -1.68. The van der Waals surface area contributed by atoms with Gasteiger partial charge in [-0.05, 0) is 32.0 Å². The fourth-order valence-electron chi connectivity index (χ4n) is 1.74. The van der Waals surface area contributed by atoms with Crippen LogP contribution in [0.4, 0.5) is 13.2 Å². The van der Waals surface area contributed by atoms with Gasteiger partial charge in [0.25, 0.3) is 0 Å². The number of hydrogen-bond acceptors (Lipinski definition) is 3. The van der Waals surface area contributed by atoms with Crippen LogP contribution in [0.3, 0.4) is 0 Å². The highest BCUT2D eigenvalue weighted by atomic mass is 19.2. The van der Waals surface area contributed by atoms with Crippen molar-refractivity contribution in [2.24, 2.45) is 0 Å². The van der Waals surface area contributed by atoms with Gasteiger partial charge in [0, 0.05) is 11.8 Å². The lowest BCUT2D eigenvalue weighted by Gasteiger charge is -2.10. The molecule has 1 aromatic heterocycles. The van der Waals surface area contributed by atoms with E-state index in [1.54, 1.807) is 13.8 Å². The summed E-state index contributed by atoms with van der Waals surface area (Å²) in [7, 11) is 0. The summed E-state index contributed by atoms with van der Waals surface area (Å²) in [5.41, 5.74) is -0.532. The van der Waals surface area contributed by atoms with Crippen molar-refractivity contribution in [3.63, 3.8) is 0 Å². The molecular formula is C15H12F3NO2. The SMILES string of the molecule is CC(C)Oc1cncc(C(=O)c2ccc(F)c(F)c2F)c1. The van der Waals surface area contributed by atoms with E-state index in [0.29, 0.717) is 11.8 Å². The quantitative estimate of drug-likeness (QED) is 0.640. The zero-order chi connectivity index (χ0) is 15.6. The van der Waals surface area contributed by atoms with Crippen LogP contribution in [-0.4, -0.2) is 16.9 Å². The first kappa shape index (κ1) is 15.0. The molecule has 0 fully saturated rings. The molecule has 0 spiro atoms. The van der Waals surface area contributed by atoms with E-state index >= 15 is 0 Å². The molecule has 3 nitrogen and oxygen atoms in total. The summed E-state index contributed by atoms with van der Waals surface area (Å²) in [6.45, 7) is 3.59. The van der Waals surface area contributed by atoms with E-state index in [1.807, 2.05) is 0 Å². The Balaban J connectivity index is 2.39. The van der Waals surface area contributed by atoms with Crippen LogP contribution in [0.15, 0.2) is 30.6 Å². The lowest BCUT2D eigenvalue weighted by Crippen LogP contribution is -2.10. The van der Waals surface area contributed by atoms with Crippen molar-refractivity contribution in [3.8, 4) is 5.75 Å². The summed E-state index contributed by atoms with van der Waals surface area (Å²) in [5.74, 6) is -5.01. The van der Waals surface area contributed by atoms with E-state index in [0.717, 1.165) is 6.07 Å². The maximum absolute atomic E-state index is 13.6. The van der Waals surface area contributed by atoms with Crippen molar-refractivity contribution in [2.75, 3.05) is 0 Å². The van der Waals surface area contributed by atoms with Crippen LogP contribution < -0.4 is 4.74 Å². The van der Waals surface area contributed by atoms with E-state index in [4.69, 9.17) is 4.74 Å². The van der Waals surface area contributed by atoms with Gasteiger partial charge in [-0.3, -0.25) is 9.78 Å². The highest BCUT2D eigenvalue weighted by Gasteiger charge is 2.20. The molecule has 110 valence electrons. The van der Waals surface area contributed by atoms with Crippen LogP contribution in [0, 0.1) is 17.5 Å². The third-order valence-corrected chi connectivity index (χ3v) is 2.63. The van der Waals surface area contributed by atoms with Gasteiger partial charge in [-0.2, -0.15) is 0 Å². The highest BCUT2D eigenvalue weighted by molar-refractivity contribution is 6.09. The van der Waals surface area contributed by atoms with Gasteiger partial charge in [0.2, 0.25) is 0 Å². The smallest absolute Gasteiger partial charge is 0.197 e. The number of ether oxygens (including phenoxy) is 1. The highest BCUT2D eigenvalue weighted by Crippen LogP contribution is 2.20. The summed E-state index contributed by atoms with van der Waals surface area (Å²) in [4.78, 5) is 16.0. The van der Waals surface area contributed by atoms with Gasteiger partial charge in [-0.1, -0.05) is 0 Å². The predicted molar refractivity (Wildman–Crippen MR) is 69.7 cm³/mol. The number of halogens is 3. The average Bonchev–Trinajstić information content (AvgIpc) is 2.44. The van der Waals surface area contributed by atoms with E-state index in [1.165, 1.54) is 18.5 Å². The topological polar surface area (TPSA) is 39.2 Å². The Kier molecular flexibility index (Phi) is 4.26. The molecule has 0 aliphatic heterocycles. The first-order chi connectivity index (χ1) is 9.90. The molecule has 2 rings (SSSR count). The van der Waals surface area contributed by atoms with Gasteiger partial charge in [-0.25, -0.2) is 13.2 Å². The average molecular weight is 295 g/mol. The number of ketones is 1. The number of carbonyl (C=O) groups is 1. The number of benzene rings is 1. The number of rotatable bonds is 4. The predicted octanol–water partition coefficient (Wildman–Crippen LogP) is 3.52. The van der Waals surface area contributed by atoms with Gasteiger partial charge in [0.05, 0.1) is 17.9 Å². The van der Waals surface area contributed by atoms with E-state index in [-0.39, 0.29) is 11.7 Å². The van der Waals surface area contributed by atoms with Crippen molar-refractivity contribution in [2.45, 2.75) is 20.0 Å². The molecule has 0 amide bonds. The van der Waals surface area contributed by atoms with E-state index in [9.17, 15) is 18.0 Å². The number of pyridine rings is 1. The fourth-order valence-corrected chi connectivity index (χ4v) is 1.74. The van der Waals surface area contributed by atoms with Crippen molar-refractivity contribution < 1.29 is 22.7 Å². The Morgan fingerprint density at radius 3 is 2.52 bits per heavy atom. The molecule has 2 aromatic rings. The Labute approximate surface area is 119 Å². The second kappa shape index (κ2) is 5.95. The molecule has 0 saturated heterocycles. The van der Waals surface area contributed by atoms with Gasteiger partial charge in [0.15, 0.2) is 23.2 Å². The largest absolute Gasteiger partial charge is 0.489 e. The van der Waals surface area contributed by atoms with E-state index in [2.05, 4.69) is 4.98 Å². The van der Waals surface area contributed by atoms with Crippen LogP contribution in [0.25, 0.3) is 0 Å². The molecule has 21 heavy (non-hydrogen) atoms. The normalized spacial score (nSPS) is 10.8. The number of aromatic nitrogens is 1. The van der Waals surface area contributed by atoms with Gasteiger partial charge in [-0.15, -0.1) is 0 Å². The molecule has 1 heterocycles. The molecule has 1 aromatic carbocycles. The first-order valence-electron chi connectivity index (χ1n) is 6.20. The lowest BCUT2D eigenvalue weighted by atomic mass is 10.0. The van der Waals surface area contributed by atoms with Gasteiger partial charge in [0.1, 0.15) is 5.75 Å². The number of nitrogens with zero attached hydrogens (tertiary/aromatic N) is 1. The monoisotopic (exact) mass is 295 g/mol. The van der Waals surface area contributed by atoms with Crippen molar-refractivity contribution >= 4 is 5.78 Å². The number of carbonyl (C=O) groups excluding carboxylic acids is 1. The molecule has 0 aliphatic carbocycles. The summed E-state index contributed by atoms with van der Waals surface area (Å²) in [6.07, 6.45) is 2.48. The molecular weight excluding hydrogens is 283 g/mol. The zero-order valence-corrected chi connectivity index (χ0v) is 11.4. The molecule has 6 heteroatoms. The van der Waals surface area contributed by atoms with Crippen molar-refractivity contribution in [1.29, 1.82) is 0 Å². The van der Waals surface area contributed by atoms with Gasteiger partial charge < -0.3 is 4.74 Å². The maximum Gasteiger partial charge on any atom is 0.197 e. The zero-order valence-electron chi connectivity index (χ0n) is 11.4. The molecule has 0 bridgehead atoms. The van der Waals surface area contributed by atoms with Crippen LogP contribution in [0.1, 0.15) is 29.8 Å². The maximum atomic E-state index is 13.6. The second-order valence-corrected chi connectivity index (χ2v) is 4.63. The molecule has 0 saturated carbocycles. The summed E-state index contributed by atoms with van der Waals surface area (Å²) in [5, 5.41) is 0. The van der Waals surface area contributed by atoms with Crippen LogP contribution in [-0.2, 0) is 0 Å². The molecule has 0 unspecified atom stereocenters. The Morgan fingerprint density at radius 1 is 1.14 bits per heavy atom. The third-order valence-electron chi connectivity index (χ3n) is 2.63. The van der Waals surface area contributed by atoms with Crippen LogP contribution in [0.5, 0.6) is 5.75 Å². The second-order valence-electron chi connectivity index (χ2n) is 4.63. The summed E-state index contributed by atoms with van der Waals surface area (Å²) >= 11 is 0. The Morgan fingerprint density at radius 2 is 1.86 bits per heavy atom. The Hall–Kier alpha value is -2.37. The van der Waals surface area contributed by atoms with Crippen LogP contribution >= 0.6 is 0 Å². The lowest BCUT2D eigenvalue weighted by molar-refractivity contribution is 0.103. The molecule has 0 N–H and O–H groups in total. The van der Waals surface area contributed by atoms with Crippen molar-refractivity contribution in [3.05, 3.63) is 59.2 Å². The summed E-state index contributed by atoms with van der Waals surface area (Å²) < 4.78 is 45.0. The number of hydrogen-bond donors (Lipinski definition) is 0. The van der Waals surface area contributed by atoms with Gasteiger partial charge >= 0.3 is 0 Å². The first-order valence-corrected chi connectivity index (χ1v) is 6.20. The third kappa shape index (κ3) is 3.21. The molecule has 0 aliphatic rings. The Bertz CT molecular complexity index is 687. The molecule has 0 atom stereocenters.